The number of aliphatic hydroxyl groups is 3. The Labute approximate surface area is 152 Å². The van der Waals surface area contributed by atoms with Gasteiger partial charge in [0.25, 0.3) is 0 Å². The monoisotopic (exact) mass is 387 g/mol. The van der Waals surface area contributed by atoms with E-state index in [0.29, 0.717) is 0 Å². The molecular formula is C17H26NO7P. The maximum absolute atomic E-state index is 12.2. The SMILES string of the molecule is CC(=O)N[C@H]1[C@@H](OCc2ccccc2)O[C@H](C(O)P(C)(C)=O)[C@@H](O)[C@@H]1O. The van der Waals surface area contributed by atoms with Gasteiger partial charge in [0.1, 0.15) is 37.3 Å². The van der Waals surface area contributed by atoms with Crippen molar-refractivity contribution in [3.63, 3.8) is 0 Å². The van der Waals surface area contributed by atoms with Gasteiger partial charge in [-0.25, -0.2) is 0 Å². The second-order valence-corrected chi connectivity index (χ2v) is 10.2. The fourth-order valence-corrected chi connectivity index (χ4v) is 3.73. The molecule has 1 saturated heterocycles. The van der Waals surface area contributed by atoms with Gasteiger partial charge in [-0.3, -0.25) is 4.79 Å². The molecule has 1 unspecified atom stereocenters. The van der Waals surface area contributed by atoms with E-state index in [1.54, 1.807) is 0 Å². The topological polar surface area (TPSA) is 125 Å². The second kappa shape index (κ2) is 8.61. The molecule has 0 spiro atoms. The average Bonchev–Trinajstić information content (AvgIpc) is 2.57. The smallest absolute Gasteiger partial charge is 0.217 e. The minimum absolute atomic E-state index is 0.128. The van der Waals surface area contributed by atoms with Gasteiger partial charge >= 0.3 is 0 Å². The highest BCUT2D eigenvalue weighted by atomic mass is 31.2. The van der Waals surface area contributed by atoms with Crippen LogP contribution >= 0.6 is 7.14 Å². The summed E-state index contributed by atoms with van der Waals surface area (Å²) in [6, 6.07) is 8.15. The standard InChI is InChI=1S/C17H26NO7P/c1-10(19)18-12-13(20)14(21)15(16(22)26(2,3)23)25-17(12)24-9-11-7-5-4-6-8-11/h4-8,12-17,20-22H,9H2,1-3H3,(H,18,19)/t12-,13-,14+,15+,16?,17+/m1/s1. The minimum Gasteiger partial charge on any atom is -0.388 e. The molecule has 0 aromatic heterocycles. The first-order chi connectivity index (χ1) is 12.1. The van der Waals surface area contributed by atoms with Gasteiger partial charge in [0.15, 0.2) is 6.29 Å². The van der Waals surface area contributed by atoms with Gasteiger partial charge in [0, 0.05) is 6.92 Å². The van der Waals surface area contributed by atoms with Crippen LogP contribution in [0.15, 0.2) is 30.3 Å². The summed E-state index contributed by atoms with van der Waals surface area (Å²) in [5, 5.41) is 33.5. The number of amides is 1. The lowest BCUT2D eigenvalue weighted by molar-refractivity contribution is -0.277. The largest absolute Gasteiger partial charge is 0.388 e. The summed E-state index contributed by atoms with van der Waals surface area (Å²) >= 11 is 0. The van der Waals surface area contributed by atoms with Crippen LogP contribution in [0.25, 0.3) is 0 Å². The Balaban J connectivity index is 2.20. The first-order valence-corrected chi connectivity index (χ1v) is 10.9. The van der Waals surface area contributed by atoms with Crippen molar-refractivity contribution >= 4 is 13.0 Å². The maximum Gasteiger partial charge on any atom is 0.217 e. The number of nitrogens with one attached hydrogen (secondary N) is 1. The third kappa shape index (κ3) is 5.13. The molecule has 4 N–H and O–H groups in total. The Morgan fingerprint density at radius 3 is 2.42 bits per heavy atom. The third-order valence-electron chi connectivity index (χ3n) is 4.20. The summed E-state index contributed by atoms with van der Waals surface area (Å²) in [6.07, 6.45) is -5.44. The highest BCUT2D eigenvalue weighted by Crippen LogP contribution is 2.45. The zero-order valence-corrected chi connectivity index (χ0v) is 15.9. The van der Waals surface area contributed by atoms with Crippen LogP contribution in [-0.2, 0) is 25.4 Å². The van der Waals surface area contributed by atoms with Crippen LogP contribution in [-0.4, -0.2) is 71.0 Å². The van der Waals surface area contributed by atoms with Crippen molar-refractivity contribution in [1.82, 2.24) is 5.32 Å². The van der Waals surface area contributed by atoms with Crippen LogP contribution in [0, 0.1) is 0 Å². The first kappa shape index (κ1) is 21.0. The van der Waals surface area contributed by atoms with Gasteiger partial charge in [0.05, 0.1) is 6.61 Å². The molecule has 1 aromatic carbocycles. The molecule has 0 radical (unpaired) electrons. The van der Waals surface area contributed by atoms with Crippen molar-refractivity contribution in [2.45, 2.75) is 50.0 Å². The molecule has 1 fully saturated rings. The number of rotatable bonds is 6. The van der Waals surface area contributed by atoms with E-state index < -0.39 is 49.5 Å². The molecule has 0 saturated carbocycles. The number of benzene rings is 1. The van der Waals surface area contributed by atoms with E-state index in [2.05, 4.69) is 5.32 Å². The molecule has 1 aliphatic heterocycles. The number of carbonyl (C=O) groups excluding carboxylic acids is 1. The van der Waals surface area contributed by atoms with Crippen molar-refractivity contribution in [2.75, 3.05) is 13.3 Å². The summed E-state index contributed by atoms with van der Waals surface area (Å²) in [4.78, 5) is 11.4. The zero-order chi connectivity index (χ0) is 19.5. The summed E-state index contributed by atoms with van der Waals surface area (Å²) in [7, 11) is -3.02. The van der Waals surface area contributed by atoms with Gasteiger partial charge < -0.3 is 34.7 Å². The van der Waals surface area contributed by atoms with Crippen molar-refractivity contribution in [3.05, 3.63) is 35.9 Å². The number of ether oxygens (including phenoxy) is 2. The lowest BCUT2D eigenvalue weighted by Gasteiger charge is -2.44. The molecule has 0 bridgehead atoms. The molecule has 1 amide bonds. The highest BCUT2D eigenvalue weighted by Gasteiger charge is 2.50. The van der Waals surface area contributed by atoms with Gasteiger partial charge in [-0.2, -0.15) is 0 Å². The molecule has 146 valence electrons. The van der Waals surface area contributed by atoms with Crippen LogP contribution < -0.4 is 5.32 Å². The fourth-order valence-electron chi connectivity index (χ4n) is 2.77. The minimum atomic E-state index is -3.02. The van der Waals surface area contributed by atoms with Gasteiger partial charge in [-0.1, -0.05) is 30.3 Å². The molecule has 2 rings (SSSR count). The van der Waals surface area contributed by atoms with E-state index >= 15 is 0 Å². The number of hydrogen-bond donors (Lipinski definition) is 4. The average molecular weight is 387 g/mol. The van der Waals surface area contributed by atoms with Crippen molar-refractivity contribution in [1.29, 1.82) is 0 Å². The van der Waals surface area contributed by atoms with Crippen LogP contribution in [0.4, 0.5) is 0 Å². The molecule has 1 aromatic rings. The van der Waals surface area contributed by atoms with E-state index in [4.69, 9.17) is 9.47 Å². The zero-order valence-electron chi connectivity index (χ0n) is 15.0. The maximum atomic E-state index is 12.2. The van der Waals surface area contributed by atoms with Gasteiger partial charge in [0.2, 0.25) is 5.91 Å². The Hall–Kier alpha value is -1.28. The third-order valence-corrected chi connectivity index (χ3v) is 5.76. The lowest BCUT2D eigenvalue weighted by atomic mass is 9.96. The number of hydrogen-bond acceptors (Lipinski definition) is 7. The number of carbonyl (C=O) groups is 1. The fraction of sp³-hybridized carbons (Fsp3) is 0.588. The van der Waals surface area contributed by atoms with Crippen LogP contribution in [0.5, 0.6) is 0 Å². The predicted molar refractivity (Wildman–Crippen MR) is 95.0 cm³/mol. The summed E-state index contributed by atoms with van der Waals surface area (Å²) < 4.78 is 23.5. The predicted octanol–water partition coefficient (Wildman–Crippen LogP) is 0.0957. The lowest BCUT2D eigenvalue weighted by Crippen LogP contribution is -2.65. The molecule has 8 nitrogen and oxygen atoms in total. The molecule has 26 heavy (non-hydrogen) atoms. The van der Waals surface area contributed by atoms with E-state index in [1.165, 1.54) is 20.3 Å². The van der Waals surface area contributed by atoms with Crippen molar-refractivity contribution in [2.24, 2.45) is 0 Å². The normalized spacial score (nSPS) is 30.6. The molecule has 6 atom stereocenters. The van der Waals surface area contributed by atoms with Crippen LogP contribution in [0.3, 0.4) is 0 Å². The Bertz CT molecular complexity index is 650. The Kier molecular flexibility index (Phi) is 6.96. The number of aliphatic hydroxyl groups excluding tert-OH is 3. The first-order valence-electron chi connectivity index (χ1n) is 8.28. The van der Waals surface area contributed by atoms with Gasteiger partial charge in [-0.15, -0.1) is 0 Å². The molecule has 9 heteroatoms. The van der Waals surface area contributed by atoms with Crippen molar-refractivity contribution in [3.8, 4) is 0 Å². The molecule has 1 heterocycles. The Morgan fingerprint density at radius 1 is 1.27 bits per heavy atom. The van der Waals surface area contributed by atoms with E-state index in [0.717, 1.165) is 5.56 Å². The summed E-state index contributed by atoms with van der Waals surface area (Å²) in [6.45, 7) is 4.11. The second-order valence-electron chi connectivity index (χ2n) is 6.82. The highest BCUT2D eigenvalue weighted by molar-refractivity contribution is 7.62. The molecular weight excluding hydrogens is 361 g/mol. The van der Waals surface area contributed by atoms with Gasteiger partial charge in [-0.05, 0) is 18.9 Å². The molecule has 0 aliphatic carbocycles. The van der Waals surface area contributed by atoms with Crippen molar-refractivity contribution < 1.29 is 34.2 Å². The van der Waals surface area contributed by atoms with E-state index in [9.17, 15) is 24.7 Å². The molecule has 1 aliphatic rings. The summed E-state index contributed by atoms with van der Waals surface area (Å²) in [5.74, 6) is -1.91. The van der Waals surface area contributed by atoms with E-state index in [-0.39, 0.29) is 6.61 Å². The van der Waals surface area contributed by atoms with E-state index in [1.807, 2.05) is 30.3 Å². The van der Waals surface area contributed by atoms with Crippen LogP contribution in [0.2, 0.25) is 0 Å². The van der Waals surface area contributed by atoms with Crippen LogP contribution in [0.1, 0.15) is 12.5 Å². The quantitative estimate of drug-likeness (QED) is 0.510. The Morgan fingerprint density at radius 2 is 1.88 bits per heavy atom. The summed E-state index contributed by atoms with van der Waals surface area (Å²) in [5.41, 5.74) is 0.840.